The maximum absolute atomic E-state index is 14.3. The number of aliphatic carboxylic acids is 1. The van der Waals surface area contributed by atoms with E-state index in [1.54, 1.807) is 0 Å². The Bertz CT molecular complexity index is 1120. The number of rotatable bonds is 7. The molecule has 5 rings (SSSR count). The number of halogens is 2. The zero-order valence-electron chi connectivity index (χ0n) is 18.9. The first-order valence-corrected chi connectivity index (χ1v) is 11.8. The highest BCUT2D eigenvalue weighted by atomic mass is 19.3. The summed E-state index contributed by atoms with van der Waals surface area (Å²) in [6.45, 7) is -0.349. The number of alkyl halides is 2. The average Bonchev–Trinajstić information content (AvgIpc) is 3.13. The second kappa shape index (κ2) is 8.94. The highest BCUT2D eigenvalue weighted by Gasteiger charge is 2.71. The molecule has 184 valence electrons. The van der Waals surface area contributed by atoms with Crippen LogP contribution in [0.25, 0.3) is 11.1 Å². The van der Waals surface area contributed by atoms with Gasteiger partial charge in [-0.15, -0.1) is 0 Å². The Morgan fingerprint density at radius 1 is 1.00 bits per heavy atom. The van der Waals surface area contributed by atoms with Crippen molar-refractivity contribution in [1.82, 2.24) is 10.6 Å². The zero-order valence-corrected chi connectivity index (χ0v) is 18.9. The Labute approximate surface area is 200 Å². The van der Waals surface area contributed by atoms with Gasteiger partial charge in [-0.3, -0.25) is 9.59 Å². The van der Waals surface area contributed by atoms with Gasteiger partial charge >= 0.3 is 12.1 Å². The number of carboxylic acid groups (broad SMARTS) is 1. The smallest absolute Gasteiger partial charge is 0.407 e. The van der Waals surface area contributed by atoms with Gasteiger partial charge in [0, 0.05) is 18.5 Å². The average molecular weight is 484 g/mol. The van der Waals surface area contributed by atoms with Crippen LogP contribution in [0.15, 0.2) is 48.5 Å². The van der Waals surface area contributed by atoms with Gasteiger partial charge < -0.3 is 20.5 Å². The molecule has 2 aromatic rings. The Balaban J connectivity index is 1.14. The second-order valence-electron chi connectivity index (χ2n) is 9.46. The molecule has 35 heavy (non-hydrogen) atoms. The van der Waals surface area contributed by atoms with E-state index in [1.807, 2.05) is 48.5 Å². The first-order valence-electron chi connectivity index (χ1n) is 11.8. The number of nitrogens with one attached hydrogen (secondary N) is 2. The molecule has 2 aromatic carbocycles. The summed E-state index contributed by atoms with van der Waals surface area (Å²) < 4.78 is 33.9. The van der Waals surface area contributed by atoms with E-state index in [0.717, 1.165) is 22.3 Å². The van der Waals surface area contributed by atoms with Gasteiger partial charge in [0.1, 0.15) is 12.5 Å². The van der Waals surface area contributed by atoms with Crippen molar-refractivity contribution < 1.29 is 33.0 Å². The number of benzene rings is 2. The summed E-state index contributed by atoms with van der Waals surface area (Å²) in [5, 5.41) is 14.1. The van der Waals surface area contributed by atoms with Gasteiger partial charge in [0.25, 0.3) is 5.92 Å². The minimum Gasteiger partial charge on any atom is -0.481 e. The molecular weight excluding hydrogens is 458 g/mol. The molecule has 0 saturated heterocycles. The fourth-order valence-corrected chi connectivity index (χ4v) is 5.55. The molecule has 4 atom stereocenters. The normalized spacial score (nSPS) is 25.9. The summed E-state index contributed by atoms with van der Waals surface area (Å²) >= 11 is 0. The third kappa shape index (κ3) is 4.24. The zero-order chi connectivity index (χ0) is 24.7. The number of fused-ring (bicyclic) bond motifs is 3. The van der Waals surface area contributed by atoms with Crippen molar-refractivity contribution in [3.8, 4) is 11.1 Å². The summed E-state index contributed by atoms with van der Waals surface area (Å²) in [7, 11) is 0. The van der Waals surface area contributed by atoms with Crippen LogP contribution in [-0.4, -0.2) is 48.2 Å². The minimum absolute atomic E-state index is 0.0586. The van der Waals surface area contributed by atoms with Crippen LogP contribution in [-0.2, 0) is 14.3 Å². The van der Waals surface area contributed by atoms with Crippen molar-refractivity contribution in [2.24, 2.45) is 17.8 Å². The maximum Gasteiger partial charge on any atom is 0.407 e. The minimum atomic E-state index is -3.27. The summed E-state index contributed by atoms with van der Waals surface area (Å²) in [5.41, 5.74) is 4.24. The standard InChI is InChI=1S/C26H26F2N2O5/c27-26(28)20(22(26)23(31)30-21-11-5-10-18(21)24(32)33)12-29-25(34)35-13-19-16-8-3-1-6-14(16)15-7-2-4-9-17(15)19/h1-4,6-9,18-22H,5,10-13H2,(H,29,34)(H,30,31)(H,32,33)/t18-,20?,21+,22?/m0/s1. The third-order valence-electron chi connectivity index (χ3n) is 7.46. The van der Waals surface area contributed by atoms with Crippen LogP contribution < -0.4 is 10.6 Å². The van der Waals surface area contributed by atoms with Crippen molar-refractivity contribution in [3.05, 3.63) is 59.7 Å². The Morgan fingerprint density at radius 3 is 2.26 bits per heavy atom. The van der Waals surface area contributed by atoms with Crippen molar-refractivity contribution >= 4 is 18.0 Å². The lowest BCUT2D eigenvalue weighted by molar-refractivity contribution is -0.142. The molecule has 2 unspecified atom stereocenters. The molecule has 0 aromatic heterocycles. The quantitative estimate of drug-likeness (QED) is 0.555. The maximum atomic E-state index is 14.3. The molecule has 3 aliphatic rings. The SMILES string of the molecule is O=C(NCC1C(C(=O)N[C@@H]2CCC[C@@H]2C(=O)O)C1(F)F)OCC1c2ccccc2-c2ccccc21. The number of carbonyl (C=O) groups excluding carboxylic acids is 2. The fourth-order valence-electron chi connectivity index (χ4n) is 5.55. The topological polar surface area (TPSA) is 105 Å². The van der Waals surface area contributed by atoms with E-state index in [1.165, 1.54) is 0 Å². The predicted octanol–water partition coefficient (Wildman–Crippen LogP) is 3.78. The molecule has 0 spiro atoms. The van der Waals surface area contributed by atoms with Gasteiger partial charge in [-0.05, 0) is 35.1 Å². The highest BCUT2D eigenvalue weighted by Crippen LogP contribution is 2.55. The van der Waals surface area contributed by atoms with Crippen molar-refractivity contribution in [2.75, 3.05) is 13.2 Å². The van der Waals surface area contributed by atoms with Crippen LogP contribution in [0.4, 0.5) is 13.6 Å². The van der Waals surface area contributed by atoms with Crippen molar-refractivity contribution in [3.63, 3.8) is 0 Å². The number of ether oxygens (including phenoxy) is 1. The molecule has 2 saturated carbocycles. The first-order chi connectivity index (χ1) is 16.8. The van der Waals surface area contributed by atoms with E-state index in [2.05, 4.69) is 10.6 Å². The summed E-state index contributed by atoms with van der Waals surface area (Å²) in [6, 6.07) is 15.1. The largest absolute Gasteiger partial charge is 0.481 e. The van der Waals surface area contributed by atoms with E-state index in [-0.39, 0.29) is 12.5 Å². The summed E-state index contributed by atoms with van der Waals surface area (Å²) in [6.07, 6.45) is 0.656. The molecule has 0 heterocycles. The summed E-state index contributed by atoms with van der Waals surface area (Å²) in [4.78, 5) is 36.0. The molecule has 2 amide bonds. The van der Waals surface area contributed by atoms with Gasteiger partial charge in [-0.2, -0.15) is 0 Å². The lowest BCUT2D eigenvalue weighted by Gasteiger charge is -2.17. The molecule has 3 aliphatic carbocycles. The van der Waals surface area contributed by atoms with Crippen LogP contribution in [0.1, 0.15) is 36.3 Å². The molecule has 9 heteroatoms. The molecular formula is C26H26F2N2O5. The molecule has 0 aliphatic heterocycles. The van der Waals surface area contributed by atoms with E-state index >= 15 is 0 Å². The van der Waals surface area contributed by atoms with E-state index < -0.39 is 54.2 Å². The number of carbonyl (C=O) groups is 3. The molecule has 3 N–H and O–H groups in total. The van der Waals surface area contributed by atoms with E-state index in [9.17, 15) is 28.3 Å². The number of amides is 2. The van der Waals surface area contributed by atoms with Crippen molar-refractivity contribution in [2.45, 2.75) is 37.1 Å². The van der Waals surface area contributed by atoms with Crippen LogP contribution in [0.2, 0.25) is 0 Å². The van der Waals surface area contributed by atoms with Gasteiger partial charge in [0.2, 0.25) is 5.91 Å². The second-order valence-corrected chi connectivity index (χ2v) is 9.46. The Morgan fingerprint density at radius 2 is 1.63 bits per heavy atom. The molecule has 2 fully saturated rings. The number of carboxylic acids is 1. The van der Waals surface area contributed by atoms with E-state index in [0.29, 0.717) is 19.3 Å². The lowest BCUT2D eigenvalue weighted by atomic mass is 9.98. The number of hydrogen-bond donors (Lipinski definition) is 3. The van der Waals surface area contributed by atoms with E-state index in [4.69, 9.17) is 4.74 Å². The van der Waals surface area contributed by atoms with Crippen LogP contribution in [0.5, 0.6) is 0 Å². The highest BCUT2D eigenvalue weighted by molar-refractivity contribution is 5.85. The molecule has 0 bridgehead atoms. The van der Waals surface area contributed by atoms with Gasteiger partial charge in [-0.1, -0.05) is 55.0 Å². The number of hydrogen-bond acceptors (Lipinski definition) is 4. The molecule has 0 radical (unpaired) electrons. The van der Waals surface area contributed by atoms with Gasteiger partial charge in [-0.25, -0.2) is 13.6 Å². The lowest BCUT2D eigenvalue weighted by Crippen LogP contribution is -2.41. The summed E-state index contributed by atoms with van der Waals surface area (Å²) in [5.74, 6) is -9.03. The van der Waals surface area contributed by atoms with Gasteiger partial charge in [0.15, 0.2) is 0 Å². The first kappa shape index (κ1) is 23.3. The third-order valence-corrected chi connectivity index (χ3v) is 7.46. The van der Waals surface area contributed by atoms with Crippen LogP contribution in [0, 0.1) is 17.8 Å². The predicted molar refractivity (Wildman–Crippen MR) is 122 cm³/mol. The molecule has 7 nitrogen and oxygen atoms in total. The Kier molecular flexibility index (Phi) is 5.94. The van der Waals surface area contributed by atoms with Crippen LogP contribution in [0.3, 0.4) is 0 Å². The fraction of sp³-hybridized carbons (Fsp3) is 0.423. The van der Waals surface area contributed by atoms with Gasteiger partial charge in [0.05, 0.1) is 11.8 Å². The monoisotopic (exact) mass is 484 g/mol. The number of alkyl carbamates (subject to hydrolysis) is 1. The van der Waals surface area contributed by atoms with Crippen molar-refractivity contribution in [1.29, 1.82) is 0 Å². The Hall–Kier alpha value is -3.49. The van der Waals surface area contributed by atoms with Crippen LogP contribution >= 0.6 is 0 Å².